The molecular weight excluding hydrogens is 182 g/mol. The second-order valence-electron chi connectivity index (χ2n) is 4.72. The van der Waals surface area contributed by atoms with Gasteiger partial charge in [0.15, 0.2) is 0 Å². The minimum atomic E-state index is 0.426. The molecule has 2 unspecified atom stereocenters. The van der Waals surface area contributed by atoms with Crippen molar-refractivity contribution in [1.82, 2.24) is 0 Å². The maximum Gasteiger partial charge on any atom is 0.00446 e. The predicted molar refractivity (Wildman–Crippen MR) is 65.0 cm³/mol. The highest BCUT2D eigenvalue weighted by Gasteiger charge is 2.20. The second-order valence-corrected chi connectivity index (χ2v) is 4.72. The van der Waals surface area contributed by atoms with Crippen LogP contribution in [0.1, 0.15) is 49.7 Å². The summed E-state index contributed by atoms with van der Waals surface area (Å²) in [6, 6.07) is 9.53. The first kappa shape index (κ1) is 10.7. The van der Waals surface area contributed by atoms with E-state index in [1.165, 1.54) is 36.8 Å². The van der Waals surface area contributed by atoms with Crippen molar-refractivity contribution in [2.75, 3.05) is 0 Å². The summed E-state index contributed by atoms with van der Waals surface area (Å²) >= 11 is 0. The molecule has 1 nitrogen and oxygen atoms in total. The minimum absolute atomic E-state index is 0.426. The van der Waals surface area contributed by atoms with Crippen LogP contribution in [0.15, 0.2) is 24.3 Å². The van der Waals surface area contributed by atoms with Crippen LogP contribution in [-0.2, 0) is 6.42 Å². The zero-order valence-electron chi connectivity index (χ0n) is 9.58. The number of hydrogen-bond acceptors (Lipinski definition) is 1. The summed E-state index contributed by atoms with van der Waals surface area (Å²) in [6.07, 6.45) is 6.13. The van der Waals surface area contributed by atoms with Crippen molar-refractivity contribution in [1.29, 1.82) is 0 Å². The molecule has 1 aromatic rings. The second kappa shape index (κ2) is 4.80. The summed E-state index contributed by atoms with van der Waals surface area (Å²) in [6.45, 7) is 2.20. The first-order chi connectivity index (χ1) is 7.29. The van der Waals surface area contributed by atoms with Crippen LogP contribution in [0.3, 0.4) is 0 Å². The summed E-state index contributed by atoms with van der Waals surface area (Å²) in [4.78, 5) is 0. The smallest absolute Gasteiger partial charge is 0.00446 e. The van der Waals surface area contributed by atoms with Crippen molar-refractivity contribution in [2.45, 2.75) is 51.0 Å². The molecule has 1 aliphatic carbocycles. The predicted octanol–water partition coefficient (Wildman–Crippen LogP) is 3.23. The van der Waals surface area contributed by atoms with E-state index in [0.29, 0.717) is 12.0 Å². The lowest BCUT2D eigenvalue weighted by atomic mass is 9.81. The van der Waals surface area contributed by atoms with Gasteiger partial charge >= 0.3 is 0 Å². The Kier molecular flexibility index (Phi) is 3.42. The largest absolute Gasteiger partial charge is 0.328 e. The van der Waals surface area contributed by atoms with Crippen LogP contribution in [-0.4, -0.2) is 6.04 Å². The molecule has 2 atom stereocenters. The molecule has 1 aliphatic rings. The Morgan fingerprint density at radius 2 is 1.93 bits per heavy atom. The number of aryl methyl sites for hydroxylation is 1. The van der Waals surface area contributed by atoms with Gasteiger partial charge in [-0.05, 0) is 42.7 Å². The fourth-order valence-corrected chi connectivity index (χ4v) is 2.56. The Labute approximate surface area is 92.7 Å². The topological polar surface area (TPSA) is 26.0 Å². The van der Waals surface area contributed by atoms with Crippen molar-refractivity contribution < 1.29 is 0 Å². The molecule has 0 saturated heterocycles. The fraction of sp³-hybridized carbons (Fsp3) is 0.571. The van der Waals surface area contributed by atoms with Crippen LogP contribution in [0.25, 0.3) is 0 Å². The van der Waals surface area contributed by atoms with Gasteiger partial charge in [-0.3, -0.25) is 0 Å². The molecule has 1 heteroatoms. The van der Waals surface area contributed by atoms with Crippen molar-refractivity contribution >= 4 is 0 Å². The van der Waals surface area contributed by atoms with Crippen LogP contribution in [0.4, 0.5) is 0 Å². The van der Waals surface area contributed by atoms with Gasteiger partial charge in [-0.25, -0.2) is 0 Å². The maximum atomic E-state index is 6.02. The highest BCUT2D eigenvalue weighted by molar-refractivity contribution is 5.25. The van der Waals surface area contributed by atoms with E-state index >= 15 is 0 Å². The lowest BCUT2D eigenvalue weighted by Gasteiger charge is -2.27. The normalized spacial score (nSPS) is 26.5. The monoisotopic (exact) mass is 203 g/mol. The average molecular weight is 203 g/mol. The highest BCUT2D eigenvalue weighted by Crippen LogP contribution is 2.32. The zero-order chi connectivity index (χ0) is 10.7. The quantitative estimate of drug-likeness (QED) is 0.784. The molecule has 0 amide bonds. The van der Waals surface area contributed by atoms with Crippen LogP contribution in [0.2, 0.25) is 0 Å². The molecule has 1 saturated carbocycles. The van der Waals surface area contributed by atoms with Crippen molar-refractivity contribution in [2.24, 2.45) is 5.73 Å². The molecule has 1 aromatic carbocycles. The third kappa shape index (κ3) is 2.60. The maximum absolute atomic E-state index is 6.02. The Morgan fingerprint density at radius 1 is 1.20 bits per heavy atom. The Hall–Kier alpha value is -0.820. The highest BCUT2D eigenvalue weighted by atomic mass is 14.6. The molecule has 82 valence electrons. The van der Waals surface area contributed by atoms with E-state index in [1.54, 1.807) is 0 Å². The number of rotatable bonds is 2. The molecule has 2 N–H and O–H groups in total. The number of benzene rings is 1. The van der Waals surface area contributed by atoms with Gasteiger partial charge in [-0.2, -0.15) is 0 Å². The molecular formula is C14H21N. The molecule has 0 aliphatic heterocycles. The third-order valence-corrected chi connectivity index (χ3v) is 3.57. The van der Waals surface area contributed by atoms with Crippen molar-refractivity contribution in [3.05, 3.63) is 35.4 Å². The van der Waals surface area contributed by atoms with E-state index < -0.39 is 0 Å². The van der Waals surface area contributed by atoms with Crippen LogP contribution in [0.5, 0.6) is 0 Å². The standard InChI is InChI=1S/C14H21N/c1-2-11-6-8-12(9-7-11)13-4-3-5-14(15)10-13/h6-9,13-14H,2-5,10,15H2,1H3. The van der Waals surface area contributed by atoms with Crippen molar-refractivity contribution in [3.8, 4) is 0 Å². The Balaban J connectivity index is 2.07. The van der Waals surface area contributed by atoms with E-state index in [0.717, 1.165) is 6.42 Å². The summed E-state index contributed by atoms with van der Waals surface area (Å²) in [7, 11) is 0. The van der Waals surface area contributed by atoms with E-state index in [9.17, 15) is 0 Å². The summed E-state index contributed by atoms with van der Waals surface area (Å²) < 4.78 is 0. The molecule has 2 rings (SSSR count). The SMILES string of the molecule is CCc1ccc(C2CCCC(N)C2)cc1. The molecule has 0 heterocycles. The van der Waals surface area contributed by atoms with Crippen LogP contribution < -0.4 is 5.73 Å². The van der Waals surface area contributed by atoms with E-state index in [1.807, 2.05) is 0 Å². The molecule has 0 spiro atoms. The molecule has 1 fully saturated rings. The summed E-state index contributed by atoms with van der Waals surface area (Å²) in [5.74, 6) is 0.708. The lowest BCUT2D eigenvalue weighted by Crippen LogP contribution is -2.26. The molecule has 0 radical (unpaired) electrons. The van der Waals surface area contributed by atoms with E-state index in [-0.39, 0.29) is 0 Å². The number of hydrogen-bond donors (Lipinski definition) is 1. The Bertz CT molecular complexity index is 302. The van der Waals surface area contributed by atoms with Gasteiger partial charge in [0.05, 0.1) is 0 Å². The molecule has 0 bridgehead atoms. The average Bonchev–Trinajstić information content (AvgIpc) is 2.29. The van der Waals surface area contributed by atoms with Gasteiger partial charge in [0.1, 0.15) is 0 Å². The van der Waals surface area contributed by atoms with Gasteiger partial charge in [0.2, 0.25) is 0 Å². The van der Waals surface area contributed by atoms with Crippen LogP contribution in [0, 0.1) is 0 Å². The van der Waals surface area contributed by atoms with Crippen LogP contribution >= 0.6 is 0 Å². The van der Waals surface area contributed by atoms with Gasteiger partial charge in [0, 0.05) is 6.04 Å². The minimum Gasteiger partial charge on any atom is -0.328 e. The summed E-state index contributed by atoms with van der Waals surface area (Å²) in [5.41, 5.74) is 8.94. The lowest BCUT2D eigenvalue weighted by molar-refractivity contribution is 0.393. The first-order valence-corrected chi connectivity index (χ1v) is 6.14. The van der Waals surface area contributed by atoms with Gasteiger partial charge in [-0.15, -0.1) is 0 Å². The van der Waals surface area contributed by atoms with Gasteiger partial charge in [0.25, 0.3) is 0 Å². The molecule has 0 aromatic heterocycles. The Morgan fingerprint density at radius 3 is 2.53 bits per heavy atom. The van der Waals surface area contributed by atoms with E-state index in [4.69, 9.17) is 5.73 Å². The van der Waals surface area contributed by atoms with Gasteiger partial charge < -0.3 is 5.73 Å². The fourth-order valence-electron chi connectivity index (χ4n) is 2.56. The van der Waals surface area contributed by atoms with Crippen molar-refractivity contribution in [3.63, 3.8) is 0 Å². The first-order valence-electron chi connectivity index (χ1n) is 6.14. The van der Waals surface area contributed by atoms with Gasteiger partial charge in [-0.1, -0.05) is 37.6 Å². The number of nitrogens with two attached hydrogens (primary N) is 1. The molecule has 15 heavy (non-hydrogen) atoms. The summed E-state index contributed by atoms with van der Waals surface area (Å²) in [5, 5.41) is 0. The van der Waals surface area contributed by atoms with E-state index in [2.05, 4.69) is 31.2 Å². The third-order valence-electron chi connectivity index (χ3n) is 3.57. The zero-order valence-corrected chi connectivity index (χ0v) is 9.58.